The first-order valence-electron chi connectivity index (χ1n) is 9.07. The summed E-state index contributed by atoms with van der Waals surface area (Å²) in [4.78, 5) is 17.2. The van der Waals surface area contributed by atoms with E-state index in [1.54, 1.807) is 6.07 Å². The van der Waals surface area contributed by atoms with E-state index < -0.39 is 0 Å². The minimum Gasteiger partial charge on any atom is -0.398 e. The summed E-state index contributed by atoms with van der Waals surface area (Å²) >= 11 is 0. The number of likely N-dealkylation sites (tertiary alicyclic amines) is 1. The largest absolute Gasteiger partial charge is 0.398 e. The van der Waals surface area contributed by atoms with Gasteiger partial charge in [0.2, 0.25) is 0 Å². The second kappa shape index (κ2) is 8.17. The zero-order valence-corrected chi connectivity index (χ0v) is 14.9. The van der Waals surface area contributed by atoms with Gasteiger partial charge in [0.25, 0.3) is 5.91 Å². The summed E-state index contributed by atoms with van der Waals surface area (Å²) in [6, 6.07) is 17.9. The number of anilines is 1. The van der Waals surface area contributed by atoms with E-state index in [0.717, 1.165) is 32.6 Å². The lowest BCUT2D eigenvalue weighted by molar-refractivity contribution is 0.0740. The summed E-state index contributed by atoms with van der Waals surface area (Å²) in [5.74, 6) is 0.569. The van der Waals surface area contributed by atoms with Crippen LogP contribution in [0.25, 0.3) is 0 Å². The minimum absolute atomic E-state index is 0.0436. The number of hydrogen-bond donors (Lipinski definition) is 1. The van der Waals surface area contributed by atoms with Gasteiger partial charge in [0, 0.05) is 31.9 Å². The molecule has 1 atom stereocenters. The second-order valence-corrected chi connectivity index (χ2v) is 6.81. The molecule has 25 heavy (non-hydrogen) atoms. The van der Waals surface area contributed by atoms with Crippen molar-refractivity contribution in [3.05, 3.63) is 65.7 Å². The molecule has 2 N–H and O–H groups in total. The fraction of sp³-hybridized carbons (Fsp3) is 0.381. The summed E-state index contributed by atoms with van der Waals surface area (Å²) in [6.07, 6.45) is 1.14. The highest BCUT2D eigenvalue weighted by Crippen LogP contribution is 2.21. The number of amides is 1. The molecule has 2 aromatic rings. The SMILES string of the molecule is CCN(CC1CCN(Cc2ccccc2)C1)C(=O)c1ccccc1N. The number of carbonyl (C=O) groups is 1. The molecule has 2 aromatic carbocycles. The summed E-state index contributed by atoms with van der Waals surface area (Å²) in [6.45, 7) is 6.68. The van der Waals surface area contributed by atoms with Crippen molar-refractivity contribution in [1.29, 1.82) is 0 Å². The quantitative estimate of drug-likeness (QED) is 0.823. The Labute approximate surface area is 150 Å². The second-order valence-electron chi connectivity index (χ2n) is 6.81. The average molecular weight is 337 g/mol. The highest BCUT2D eigenvalue weighted by molar-refractivity contribution is 5.99. The molecule has 1 unspecified atom stereocenters. The van der Waals surface area contributed by atoms with Gasteiger partial charge in [-0.05, 0) is 43.5 Å². The lowest BCUT2D eigenvalue weighted by Gasteiger charge is -2.25. The topological polar surface area (TPSA) is 49.6 Å². The molecule has 4 nitrogen and oxygen atoms in total. The van der Waals surface area contributed by atoms with E-state index >= 15 is 0 Å². The third-order valence-corrected chi connectivity index (χ3v) is 4.96. The smallest absolute Gasteiger partial charge is 0.255 e. The highest BCUT2D eigenvalue weighted by atomic mass is 16.2. The molecule has 1 amide bonds. The number of nitrogen functional groups attached to an aromatic ring is 1. The summed E-state index contributed by atoms with van der Waals surface area (Å²) in [7, 11) is 0. The van der Waals surface area contributed by atoms with Crippen molar-refractivity contribution in [2.24, 2.45) is 5.92 Å². The van der Waals surface area contributed by atoms with Crippen LogP contribution in [0, 0.1) is 5.92 Å². The summed E-state index contributed by atoms with van der Waals surface area (Å²) in [5.41, 5.74) is 8.50. The van der Waals surface area contributed by atoms with Gasteiger partial charge in [0.15, 0.2) is 0 Å². The Bertz CT molecular complexity index is 701. The number of carbonyl (C=O) groups excluding carboxylic acids is 1. The van der Waals surface area contributed by atoms with E-state index in [4.69, 9.17) is 5.73 Å². The molecule has 3 rings (SSSR count). The Morgan fingerprint density at radius 1 is 1.16 bits per heavy atom. The predicted molar refractivity (Wildman–Crippen MR) is 102 cm³/mol. The van der Waals surface area contributed by atoms with Gasteiger partial charge in [-0.25, -0.2) is 0 Å². The number of hydrogen-bond acceptors (Lipinski definition) is 3. The van der Waals surface area contributed by atoms with Gasteiger partial charge in [0.05, 0.1) is 5.56 Å². The maximum Gasteiger partial charge on any atom is 0.255 e. The Balaban J connectivity index is 1.58. The molecular weight excluding hydrogens is 310 g/mol. The molecular formula is C21H27N3O. The fourth-order valence-corrected chi connectivity index (χ4v) is 3.58. The van der Waals surface area contributed by atoms with E-state index in [9.17, 15) is 4.79 Å². The maximum atomic E-state index is 12.8. The van der Waals surface area contributed by atoms with Crippen LogP contribution in [0.2, 0.25) is 0 Å². The highest BCUT2D eigenvalue weighted by Gasteiger charge is 2.26. The molecule has 0 aromatic heterocycles. The summed E-state index contributed by atoms with van der Waals surface area (Å²) < 4.78 is 0. The summed E-state index contributed by atoms with van der Waals surface area (Å²) in [5, 5.41) is 0. The van der Waals surface area contributed by atoms with Crippen LogP contribution in [0.3, 0.4) is 0 Å². The zero-order valence-electron chi connectivity index (χ0n) is 14.9. The van der Waals surface area contributed by atoms with Crippen molar-refractivity contribution in [2.45, 2.75) is 19.9 Å². The van der Waals surface area contributed by atoms with Gasteiger partial charge in [-0.2, -0.15) is 0 Å². The van der Waals surface area contributed by atoms with Crippen LogP contribution in [-0.4, -0.2) is 41.9 Å². The normalized spacial score (nSPS) is 17.6. The van der Waals surface area contributed by atoms with Crippen LogP contribution in [0.5, 0.6) is 0 Å². The standard InChI is InChI=1S/C21H27N3O/c1-2-24(21(25)19-10-6-7-11-20(19)22)16-18-12-13-23(15-18)14-17-8-4-3-5-9-17/h3-11,18H,2,12-16,22H2,1H3. The lowest BCUT2D eigenvalue weighted by Crippen LogP contribution is -2.36. The van der Waals surface area contributed by atoms with Gasteiger partial charge in [0.1, 0.15) is 0 Å². The first kappa shape index (κ1) is 17.5. The fourth-order valence-electron chi connectivity index (χ4n) is 3.58. The predicted octanol–water partition coefficient (Wildman–Crippen LogP) is 3.25. The van der Waals surface area contributed by atoms with Crippen LogP contribution in [0.4, 0.5) is 5.69 Å². The van der Waals surface area contributed by atoms with Gasteiger partial charge in [-0.1, -0.05) is 42.5 Å². The van der Waals surface area contributed by atoms with Gasteiger partial charge >= 0.3 is 0 Å². The molecule has 1 fully saturated rings. The van der Waals surface area contributed by atoms with E-state index in [1.165, 1.54) is 5.56 Å². The minimum atomic E-state index is 0.0436. The van der Waals surface area contributed by atoms with Crippen molar-refractivity contribution >= 4 is 11.6 Å². The lowest BCUT2D eigenvalue weighted by atomic mass is 10.1. The number of nitrogens with zero attached hydrogens (tertiary/aromatic N) is 2. The van der Waals surface area contributed by atoms with Crippen molar-refractivity contribution in [3.8, 4) is 0 Å². The molecule has 0 aliphatic carbocycles. The Hall–Kier alpha value is -2.33. The molecule has 0 bridgehead atoms. The van der Waals surface area contributed by atoms with Crippen LogP contribution in [-0.2, 0) is 6.54 Å². The van der Waals surface area contributed by atoms with E-state index in [1.807, 2.05) is 30.0 Å². The third kappa shape index (κ3) is 4.40. The van der Waals surface area contributed by atoms with Gasteiger partial charge in [-0.3, -0.25) is 9.69 Å². The monoisotopic (exact) mass is 337 g/mol. The Morgan fingerprint density at radius 2 is 1.88 bits per heavy atom. The molecule has 4 heteroatoms. The van der Waals surface area contributed by atoms with Crippen molar-refractivity contribution in [2.75, 3.05) is 31.9 Å². The Morgan fingerprint density at radius 3 is 2.60 bits per heavy atom. The molecule has 132 valence electrons. The molecule has 1 aliphatic rings. The van der Waals surface area contributed by atoms with Crippen molar-refractivity contribution < 1.29 is 4.79 Å². The zero-order chi connectivity index (χ0) is 17.6. The maximum absolute atomic E-state index is 12.8. The van der Waals surface area contributed by atoms with Crippen molar-refractivity contribution in [1.82, 2.24) is 9.80 Å². The van der Waals surface area contributed by atoms with E-state index in [0.29, 0.717) is 23.7 Å². The first-order valence-corrected chi connectivity index (χ1v) is 9.07. The molecule has 0 saturated carbocycles. The average Bonchev–Trinajstić information content (AvgIpc) is 3.07. The van der Waals surface area contributed by atoms with Crippen molar-refractivity contribution in [3.63, 3.8) is 0 Å². The third-order valence-electron chi connectivity index (χ3n) is 4.96. The van der Waals surface area contributed by atoms with Crippen LogP contribution >= 0.6 is 0 Å². The first-order chi connectivity index (χ1) is 12.2. The number of nitrogens with two attached hydrogens (primary N) is 1. The number of rotatable bonds is 6. The molecule has 0 radical (unpaired) electrons. The number of para-hydroxylation sites is 1. The van der Waals surface area contributed by atoms with Crippen LogP contribution < -0.4 is 5.73 Å². The molecule has 1 heterocycles. The van der Waals surface area contributed by atoms with E-state index in [2.05, 4.69) is 35.2 Å². The Kier molecular flexibility index (Phi) is 5.71. The van der Waals surface area contributed by atoms with Crippen LogP contribution in [0.1, 0.15) is 29.3 Å². The van der Waals surface area contributed by atoms with E-state index in [-0.39, 0.29) is 5.91 Å². The molecule has 1 aliphatic heterocycles. The van der Waals surface area contributed by atoms with Crippen LogP contribution in [0.15, 0.2) is 54.6 Å². The molecule has 0 spiro atoms. The van der Waals surface area contributed by atoms with Gasteiger partial charge < -0.3 is 10.6 Å². The van der Waals surface area contributed by atoms with Gasteiger partial charge in [-0.15, -0.1) is 0 Å². The molecule has 1 saturated heterocycles. The number of benzene rings is 2.